The van der Waals surface area contributed by atoms with Gasteiger partial charge in [-0.05, 0) is 55.7 Å². The molecule has 1 aliphatic heterocycles. The van der Waals surface area contributed by atoms with Crippen molar-refractivity contribution in [3.05, 3.63) is 35.4 Å². The molecule has 1 heterocycles. The first-order valence-electron chi connectivity index (χ1n) is 8.39. The number of piperidine rings is 1. The third-order valence-corrected chi connectivity index (χ3v) is 5.36. The van der Waals surface area contributed by atoms with Crippen LogP contribution in [0.4, 0.5) is 0 Å². The molecule has 0 bridgehead atoms. The quantitative estimate of drug-likeness (QED) is 0.911. The molecule has 110 valence electrons. The maximum Gasteiger partial charge on any atom is 0.0180 e. The lowest BCUT2D eigenvalue weighted by molar-refractivity contribution is 0.0620. The van der Waals surface area contributed by atoms with Crippen molar-refractivity contribution in [2.45, 2.75) is 57.5 Å². The lowest BCUT2D eigenvalue weighted by Gasteiger charge is -2.44. The Balaban J connectivity index is 1.62. The van der Waals surface area contributed by atoms with Crippen LogP contribution in [0.3, 0.4) is 0 Å². The second-order valence-electron chi connectivity index (χ2n) is 6.51. The number of hydrogen-bond acceptors (Lipinski definition) is 2. The minimum Gasteiger partial charge on any atom is -0.326 e. The van der Waals surface area contributed by atoms with E-state index in [9.17, 15) is 0 Å². The first kappa shape index (κ1) is 14.1. The maximum atomic E-state index is 5.85. The summed E-state index contributed by atoms with van der Waals surface area (Å²) in [6.07, 6.45) is 9.85. The molecule has 1 saturated heterocycles. The SMILES string of the molecule is NCc1ccccc1CCN1CCC[C@H]2CCCC[C@H]21. The van der Waals surface area contributed by atoms with E-state index in [0.29, 0.717) is 6.54 Å². The highest BCUT2D eigenvalue weighted by Gasteiger charge is 2.32. The Bertz CT molecular complexity index is 427. The molecule has 1 aromatic rings. The van der Waals surface area contributed by atoms with Gasteiger partial charge in [-0.25, -0.2) is 0 Å². The number of nitrogens with zero attached hydrogens (tertiary/aromatic N) is 1. The van der Waals surface area contributed by atoms with E-state index in [1.165, 1.54) is 62.7 Å². The fourth-order valence-electron chi connectivity index (χ4n) is 4.27. The fourth-order valence-corrected chi connectivity index (χ4v) is 4.27. The van der Waals surface area contributed by atoms with Crippen LogP contribution in [0, 0.1) is 5.92 Å². The molecule has 2 N–H and O–H groups in total. The summed E-state index contributed by atoms with van der Waals surface area (Å²) < 4.78 is 0. The molecule has 0 spiro atoms. The largest absolute Gasteiger partial charge is 0.326 e. The molecular weight excluding hydrogens is 244 g/mol. The Morgan fingerprint density at radius 3 is 2.60 bits per heavy atom. The van der Waals surface area contributed by atoms with Gasteiger partial charge in [0.2, 0.25) is 0 Å². The van der Waals surface area contributed by atoms with Crippen molar-refractivity contribution in [2.75, 3.05) is 13.1 Å². The summed E-state index contributed by atoms with van der Waals surface area (Å²) in [4.78, 5) is 2.78. The molecule has 1 aliphatic carbocycles. The van der Waals surface area contributed by atoms with E-state index in [1.807, 2.05) is 0 Å². The minimum absolute atomic E-state index is 0.669. The molecule has 2 fully saturated rings. The van der Waals surface area contributed by atoms with Crippen LogP contribution in [0.5, 0.6) is 0 Å². The van der Waals surface area contributed by atoms with Crippen LogP contribution >= 0.6 is 0 Å². The van der Waals surface area contributed by atoms with Crippen molar-refractivity contribution in [2.24, 2.45) is 11.7 Å². The normalized spacial score (nSPS) is 27.2. The van der Waals surface area contributed by atoms with Gasteiger partial charge >= 0.3 is 0 Å². The molecule has 0 amide bonds. The van der Waals surface area contributed by atoms with E-state index in [1.54, 1.807) is 0 Å². The third kappa shape index (κ3) is 3.07. The second kappa shape index (κ2) is 6.73. The minimum atomic E-state index is 0.669. The molecular formula is C18H28N2. The van der Waals surface area contributed by atoms with E-state index in [4.69, 9.17) is 5.73 Å². The van der Waals surface area contributed by atoms with E-state index in [-0.39, 0.29) is 0 Å². The summed E-state index contributed by atoms with van der Waals surface area (Å²) in [6.45, 7) is 3.20. The highest BCUT2D eigenvalue weighted by atomic mass is 15.2. The predicted octanol–water partition coefficient (Wildman–Crippen LogP) is 3.34. The zero-order valence-corrected chi connectivity index (χ0v) is 12.6. The first-order chi connectivity index (χ1) is 9.88. The van der Waals surface area contributed by atoms with Gasteiger partial charge in [-0.1, -0.05) is 37.1 Å². The van der Waals surface area contributed by atoms with Gasteiger partial charge < -0.3 is 5.73 Å². The van der Waals surface area contributed by atoms with Crippen molar-refractivity contribution in [1.82, 2.24) is 4.90 Å². The van der Waals surface area contributed by atoms with Gasteiger partial charge in [0.25, 0.3) is 0 Å². The molecule has 0 unspecified atom stereocenters. The van der Waals surface area contributed by atoms with Crippen molar-refractivity contribution < 1.29 is 0 Å². The smallest absolute Gasteiger partial charge is 0.0180 e. The summed E-state index contributed by atoms with van der Waals surface area (Å²) in [7, 11) is 0. The number of nitrogens with two attached hydrogens (primary N) is 1. The Hall–Kier alpha value is -0.860. The summed E-state index contributed by atoms with van der Waals surface area (Å²) in [6, 6.07) is 9.56. The Labute approximate surface area is 123 Å². The van der Waals surface area contributed by atoms with Crippen molar-refractivity contribution in [3.8, 4) is 0 Å². The summed E-state index contributed by atoms with van der Waals surface area (Å²) in [5, 5.41) is 0. The lowest BCUT2D eigenvalue weighted by Crippen LogP contribution is -2.47. The molecule has 0 aromatic heterocycles. The van der Waals surface area contributed by atoms with Crippen LogP contribution in [0.2, 0.25) is 0 Å². The van der Waals surface area contributed by atoms with E-state index >= 15 is 0 Å². The molecule has 2 nitrogen and oxygen atoms in total. The zero-order valence-electron chi connectivity index (χ0n) is 12.6. The highest BCUT2D eigenvalue weighted by Crippen LogP contribution is 2.35. The number of rotatable bonds is 4. The summed E-state index contributed by atoms with van der Waals surface area (Å²) >= 11 is 0. The molecule has 0 radical (unpaired) electrons. The van der Waals surface area contributed by atoms with E-state index < -0.39 is 0 Å². The van der Waals surface area contributed by atoms with Crippen LogP contribution < -0.4 is 5.73 Å². The Morgan fingerprint density at radius 2 is 1.75 bits per heavy atom. The van der Waals surface area contributed by atoms with Crippen molar-refractivity contribution in [1.29, 1.82) is 0 Å². The highest BCUT2D eigenvalue weighted by molar-refractivity contribution is 5.27. The topological polar surface area (TPSA) is 29.3 Å². The van der Waals surface area contributed by atoms with Gasteiger partial charge in [-0.3, -0.25) is 4.90 Å². The summed E-state index contributed by atoms with van der Waals surface area (Å²) in [5.41, 5.74) is 8.63. The molecule has 2 atom stereocenters. The van der Waals surface area contributed by atoms with Crippen LogP contribution in [0.25, 0.3) is 0 Å². The molecule has 2 heteroatoms. The number of fused-ring (bicyclic) bond motifs is 1. The molecule has 3 rings (SSSR count). The average Bonchev–Trinajstić information content (AvgIpc) is 2.53. The van der Waals surface area contributed by atoms with E-state index in [0.717, 1.165) is 18.4 Å². The monoisotopic (exact) mass is 272 g/mol. The van der Waals surface area contributed by atoms with E-state index in [2.05, 4.69) is 29.2 Å². The zero-order chi connectivity index (χ0) is 13.8. The average molecular weight is 272 g/mol. The Kier molecular flexibility index (Phi) is 4.74. The standard InChI is InChI=1S/C18H28N2/c19-14-17-8-2-1-6-15(17)11-13-20-12-5-9-16-7-3-4-10-18(16)20/h1-2,6,8,16,18H,3-5,7,9-14,19H2/t16-,18-/m1/s1. The van der Waals surface area contributed by atoms with Gasteiger partial charge in [0.05, 0.1) is 0 Å². The number of benzene rings is 1. The van der Waals surface area contributed by atoms with Crippen molar-refractivity contribution in [3.63, 3.8) is 0 Å². The van der Waals surface area contributed by atoms with Crippen LogP contribution in [-0.2, 0) is 13.0 Å². The van der Waals surface area contributed by atoms with Crippen LogP contribution in [0.1, 0.15) is 49.7 Å². The van der Waals surface area contributed by atoms with Crippen molar-refractivity contribution >= 4 is 0 Å². The van der Waals surface area contributed by atoms with Gasteiger partial charge in [0.1, 0.15) is 0 Å². The fraction of sp³-hybridized carbons (Fsp3) is 0.667. The van der Waals surface area contributed by atoms with Crippen LogP contribution in [0.15, 0.2) is 24.3 Å². The lowest BCUT2D eigenvalue weighted by atomic mass is 9.78. The number of likely N-dealkylation sites (tertiary alicyclic amines) is 1. The second-order valence-corrected chi connectivity index (χ2v) is 6.51. The van der Waals surface area contributed by atoms with Crippen LogP contribution in [-0.4, -0.2) is 24.0 Å². The molecule has 20 heavy (non-hydrogen) atoms. The summed E-state index contributed by atoms with van der Waals surface area (Å²) in [5.74, 6) is 0.988. The first-order valence-corrected chi connectivity index (χ1v) is 8.39. The maximum absolute atomic E-state index is 5.85. The molecule has 1 saturated carbocycles. The Morgan fingerprint density at radius 1 is 1.00 bits per heavy atom. The number of hydrogen-bond donors (Lipinski definition) is 1. The van der Waals surface area contributed by atoms with Gasteiger partial charge in [-0.15, -0.1) is 0 Å². The van der Waals surface area contributed by atoms with Gasteiger partial charge in [0, 0.05) is 19.1 Å². The molecule has 2 aliphatic rings. The molecule has 1 aromatic carbocycles. The predicted molar refractivity (Wildman–Crippen MR) is 84.6 cm³/mol. The van der Waals surface area contributed by atoms with Gasteiger partial charge in [0.15, 0.2) is 0 Å². The third-order valence-electron chi connectivity index (χ3n) is 5.36. The van der Waals surface area contributed by atoms with Gasteiger partial charge in [-0.2, -0.15) is 0 Å².